The molecule has 88 valence electrons. The summed E-state index contributed by atoms with van der Waals surface area (Å²) >= 11 is 0. The topological polar surface area (TPSA) is 38.3 Å². The van der Waals surface area contributed by atoms with Gasteiger partial charge in [-0.05, 0) is 25.7 Å². The molecule has 1 aliphatic carbocycles. The number of carbonyl (C=O) groups excluding carboxylic acids is 1. The SMILES string of the molecule is CCCOC(CC1CCC1)C(=O)NCC. The fraction of sp³-hybridized carbons (Fsp3) is 0.917. The summed E-state index contributed by atoms with van der Waals surface area (Å²) in [6.45, 7) is 5.39. The predicted molar refractivity (Wildman–Crippen MR) is 60.7 cm³/mol. The molecule has 0 aromatic heterocycles. The summed E-state index contributed by atoms with van der Waals surface area (Å²) < 4.78 is 5.60. The molecule has 1 amide bonds. The minimum atomic E-state index is -0.213. The largest absolute Gasteiger partial charge is 0.368 e. The van der Waals surface area contributed by atoms with Crippen molar-refractivity contribution in [3.8, 4) is 0 Å². The van der Waals surface area contributed by atoms with Crippen LogP contribution in [0.2, 0.25) is 0 Å². The zero-order valence-corrected chi connectivity index (χ0v) is 9.92. The van der Waals surface area contributed by atoms with Crippen LogP contribution in [0.5, 0.6) is 0 Å². The minimum Gasteiger partial charge on any atom is -0.368 e. The highest BCUT2D eigenvalue weighted by Crippen LogP contribution is 2.31. The first-order valence-corrected chi connectivity index (χ1v) is 6.17. The second-order valence-corrected chi connectivity index (χ2v) is 4.29. The monoisotopic (exact) mass is 213 g/mol. The molecule has 1 rings (SSSR count). The van der Waals surface area contributed by atoms with Gasteiger partial charge in [-0.1, -0.05) is 26.2 Å². The van der Waals surface area contributed by atoms with Gasteiger partial charge in [0.05, 0.1) is 0 Å². The van der Waals surface area contributed by atoms with Crippen molar-refractivity contribution in [3.63, 3.8) is 0 Å². The normalized spacial score (nSPS) is 18.3. The molecule has 1 aliphatic rings. The highest BCUT2D eigenvalue weighted by molar-refractivity contribution is 5.80. The van der Waals surface area contributed by atoms with Crippen molar-refractivity contribution in [2.75, 3.05) is 13.2 Å². The summed E-state index contributed by atoms with van der Waals surface area (Å²) in [6, 6.07) is 0. The number of amides is 1. The van der Waals surface area contributed by atoms with Gasteiger partial charge in [-0.3, -0.25) is 4.79 Å². The maximum atomic E-state index is 11.7. The van der Waals surface area contributed by atoms with Crippen molar-refractivity contribution in [3.05, 3.63) is 0 Å². The van der Waals surface area contributed by atoms with Crippen LogP contribution in [-0.2, 0) is 9.53 Å². The van der Waals surface area contributed by atoms with Crippen LogP contribution in [0.15, 0.2) is 0 Å². The lowest BCUT2D eigenvalue weighted by atomic mass is 9.81. The van der Waals surface area contributed by atoms with E-state index in [1.54, 1.807) is 0 Å². The van der Waals surface area contributed by atoms with Gasteiger partial charge in [-0.2, -0.15) is 0 Å². The molecule has 15 heavy (non-hydrogen) atoms. The zero-order valence-electron chi connectivity index (χ0n) is 9.92. The molecule has 0 spiro atoms. The van der Waals surface area contributed by atoms with E-state index < -0.39 is 0 Å². The highest BCUT2D eigenvalue weighted by Gasteiger charge is 2.26. The predicted octanol–water partition coefficient (Wildman–Crippen LogP) is 2.11. The molecule has 0 radical (unpaired) electrons. The number of nitrogens with one attached hydrogen (secondary N) is 1. The van der Waals surface area contributed by atoms with Gasteiger partial charge < -0.3 is 10.1 Å². The second-order valence-electron chi connectivity index (χ2n) is 4.29. The molecule has 0 aromatic rings. The summed E-state index contributed by atoms with van der Waals surface area (Å²) in [5.41, 5.74) is 0. The molecule has 0 bridgehead atoms. The van der Waals surface area contributed by atoms with Gasteiger partial charge in [-0.25, -0.2) is 0 Å². The van der Waals surface area contributed by atoms with Crippen LogP contribution in [-0.4, -0.2) is 25.2 Å². The van der Waals surface area contributed by atoms with Crippen LogP contribution in [0.25, 0.3) is 0 Å². The molecule has 0 saturated heterocycles. The number of likely N-dealkylation sites (N-methyl/N-ethyl adjacent to an activating group) is 1. The van der Waals surface area contributed by atoms with Crippen LogP contribution in [0.1, 0.15) is 46.0 Å². The Bertz CT molecular complexity index is 190. The summed E-state index contributed by atoms with van der Waals surface area (Å²) in [6.07, 6.45) is 5.53. The van der Waals surface area contributed by atoms with Crippen molar-refractivity contribution in [2.24, 2.45) is 5.92 Å². The molecule has 0 aliphatic heterocycles. The second kappa shape index (κ2) is 6.83. The van der Waals surface area contributed by atoms with Crippen molar-refractivity contribution >= 4 is 5.91 Å². The summed E-state index contributed by atoms with van der Waals surface area (Å²) in [5, 5.41) is 2.84. The molecule has 1 fully saturated rings. The molecule has 1 saturated carbocycles. The van der Waals surface area contributed by atoms with Gasteiger partial charge in [0.25, 0.3) is 0 Å². The van der Waals surface area contributed by atoms with Crippen LogP contribution in [0.3, 0.4) is 0 Å². The lowest BCUT2D eigenvalue weighted by molar-refractivity contribution is -0.134. The maximum Gasteiger partial charge on any atom is 0.249 e. The average molecular weight is 213 g/mol. The van der Waals surface area contributed by atoms with E-state index in [1.165, 1.54) is 19.3 Å². The molecular formula is C12H23NO2. The quantitative estimate of drug-likeness (QED) is 0.703. The summed E-state index contributed by atoms with van der Waals surface area (Å²) in [7, 11) is 0. The van der Waals surface area contributed by atoms with Gasteiger partial charge in [0.15, 0.2) is 0 Å². The molecule has 0 aromatic carbocycles. The van der Waals surface area contributed by atoms with Crippen molar-refractivity contribution in [2.45, 2.75) is 52.1 Å². The molecule has 0 heterocycles. The van der Waals surface area contributed by atoms with Crippen molar-refractivity contribution in [1.82, 2.24) is 5.32 Å². The highest BCUT2D eigenvalue weighted by atomic mass is 16.5. The van der Waals surface area contributed by atoms with Crippen LogP contribution in [0, 0.1) is 5.92 Å². The van der Waals surface area contributed by atoms with Gasteiger partial charge in [0, 0.05) is 13.2 Å². The van der Waals surface area contributed by atoms with Crippen LogP contribution >= 0.6 is 0 Å². The first kappa shape index (κ1) is 12.5. The first-order chi connectivity index (χ1) is 7.27. The number of carbonyl (C=O) groups is 1. The minimum absolute atomic E-state index is 0.0675. The molecule has 1 N–H and O–H groups in total. The molecule has 1 unspecified atom stereocenters. The van der Waals surface area contributed by atoms with E-state index in [9.17, 15) is 4.79 Å². The smallest absolute Gasteiger partial charge is 0.249 e. The van der Waals surface area contributed by atoms with E-state index in [1.807, 2.05) is 6.92 Å². The van der Waals surface area contributed by atoms with Gasteiger partial charge in [0.1, 0.15) is 6.10 Å². The average Bonchev–Trinajstić information content (AvgIpc) is 2.15. The molecule has 3 nitrogen and oxygen atoms in total. The molecule has 3 heteroatoms. The summed E-state index contributed by atoms with van der Waals surface area (Å²) in [4.78, 5) is 11.7. The van der Waals surface area contributed by atoms with Crippen molar-refractivity contribution in [1.29, 1.82) is 0 Å². The van der Waals surface area contributed by atoms with E-state index >= 15 is 0 Å². The Labute approximate surface area is 92.6 Å². The van der Waals surface area contributed by atoms with Gasteiger partial charge in [-0.15, -0.1) is 0 Å². The Morgan fingerprint density at radius 1 is 1.47 bits per heavy atom. The Morgan fingerprint density at radius 3 is 2.67 bits per heavy atom. The summed E-state index contributed by atoms with van der Waals surface area (Å²) in [5.74, 6) is 0.785. The van der Waals surface area contributed by atoms with Gasteiger partial charge >= 0.3 is 0 Å². The number of hydrogen-bond acceptors (Lipinski definition) is 2. The standard InChI is InChI=1S/C12H23NO2/c1-3-8-15-11(12(14)13-4-2)9-10-6-5-7-10/h10-11H,3-9H2,1-2H3,(H,13,14). The van der Waals surface area contributed by atoms with Crippen LogP contribution < -0.4 is 5.32 Å². The third-order valence-corrected chi connectivity index (χ3v) is 2.94. The first-order valence-electron chi connectivity index (χ1n) is 6.17. The van der Waals surface area contributed by atoms with E-state index in [4.69, 9.17) is 4.74 Å². The lowest BCUT2D eigenvalue weighted by Crippen LogP contribution is -2.38. The maximum absolute atomic E-state index is 11.7. The van der Waals surface area contributed by atoms with Crippen molar-refractivity contribution < 1.29 is 9.53 Å². The number of hydrogen-bond donors (Lipinski definition) is 1. The fourth-order valence-corrected chi connectivity index (χ4v) is 1.83. The van der Waals surface area contributed by atoms with Crippen LogP contribution in [0.4, 0.5) is 0 Å². The van der Waals surface area contributed by atoms with E-state index in [0.717, 1.165) is 18.8 Å². The Balaban J connectivity index is 2.32. The zero-order chi connectivity index (χ0) is 11.1. The third-order valence-electron chi connectivity index (χ3n) is 2.94. The molecule has 1 atom stereocenters. The lowest BCUT2D eigenvalue weighted by Gasteiger charge is -2.29. The van der Waals surface area contributed by atoms with E-state index in [-0.39, 0.29) is 12.0 Å². The molecular weight excluding hydrogens is 190 g/mol. The number of ether oxygens (including phenoxy) is 1. The fourth-order valence-electron chi connectivity index (χ4n) is 1.83. The Kier molecular flexibility index (Phi) is 5.69. The van der Waals surface area contributed by atoms with E-state index in [2.05, 4.69) is 12.2 Å². The third kappa shape index (κ3) is 4.20. The number of rotatable bonds is 7. The van der Waals surface area contributed by atoms with E-state index in [0.29, 0.717) is 13.2 Å². The van der Waals surface area contributed by atoms with Gasteiger partial charge in [0.2, 0.25) is 5.91 Å². The Morgan fingerprint density at radius 2 is 2.20 bits per heavy atom. The Hall–Kier alpha value is -0.570.